The van der Waals surface area contributed by atoms with Gasteiger partial charge in [0.05, 0.1) is 49.5 Å². The highest BCUT2D eigenvalue weighted by Gasteiger charge is 2.71. The Morgan fingerprint density at radius 2 is 1.12 bits per heavy atom. The summed E-state index contributed by atoms with van der Waals surface area (Å²) in [5.41, 5.74) is -2.76. The van der Waals surface area contributed by atoms with Gasteiger partial charge in [0.1, 0.15) is 104 Å². The second-order valence-electron chi connectivity index (χ2n) is 27.2. The quantitative estimate of drug-likeness (QED) is 0.0569. The fourth-order valence-corrected chi connectivity index (χ4v) is 16.6. The summed E-state index contributed by atoms with van der Waals surface area (Å²) in [5, 5.41) is 162. The summed E-state index contributed by atoms with van der Waals surface area (Å²) in [7, 11) is 0. The molecule has 4 saturated carbocycles. The van der Waals surface area contributed by atoms with Gasteiger partial charge >= 0.3 is 11.9 Å². The second kappa shape index (κ2) is 24.3. The molecule has 8 fully saturated rings. The van der Waals surface area contributed by atoms with Gasteiger partial charge in [-0.25, -0.2) is 0 Å². The Kier molecular flexibility index (Phi) is 19.1. The summed E-state index contributed by atoms with van der Waals surface area (Å²) in [6.07, 6.45) is -31.2. The Hall–Kier alpha value is -2.20. The number of carbonyl (C=O) groups is 2. The van der Waals surface area contributed by atoms with Crippen molar-refractivity contribution >= 4 is 11.9 Å². The lowest BCUT2D eigenvalue weighted by Gasteiger charge is -2.71. The Morgan fingerprint density at radius 1 is 0.578 bits per heavy atom. The van der Waals surface area contributed by atoms with Gasteiger partial charge in [0.25, 0.3) is 0 Å². The molecule has 0 aromatic heterocycles. The van der Waals surface area contributed by atoms with Gasteiger partial charge < -0.3 is 119 Å². The normalized spacial score (nSPS) is 51.9. The van der Waals surface area contributed by atoms with Crippen molar-refractivity contribution in [1.82, 2.24) is 0 Å². The first-order chi connectivity index (χ1) is 38.9. The van der Waals surface area contributed by atoms with Gasteiger partial charge in [-0.3, -0.25) is 9.59 Å². The number of allylic oxidation sites excluding steroid dienone is 2. The number of aliphatic hydroxyl groups excluding tert-OH is 15. The molecular weight excluding hydrogens is 1100 g/mol. The number of carbonyl (C=O) groups excluding carboxylic acids is 2. The minimum Gasteiger partial charge on any atom is -0.462 e. The molecule has 9 rings (SSSR count). The van der Waals surface area contributed by atoms with Gasteiger partial charge in [0, 0.05) is 0 Å². The molecule has 0 spiro atoms. The molecule has 83 heavy (non-hydrogen) atoms. The largest absolute Gasteiger partial charge is 0.462 e. The van der Waals surface area contributed by atoms with Crippen molar-refractivity contribution in [2.24, 2.45) is 50.2 Å². The molecule has 4 aliphatic heterocycles. The minimum atomic E-state index is -2.08. The number of fused-ring (bicyclic) bond motifs is 7. The summed E-state index contributed by atoms with van der Waals surface area (Å²) in [6.45, 7) is 10.9. The number of esters is 2. The molecule has 26 heteroatoms. The third kappa shape index (κ3) is 11.1. The van der Waals surface area contributed by atoms with Crippen molar-refractivity contribution in [2.75, 3.05) is 33.0 Å². The number of hydrogen-bond donors (Lipinski definition) is 15. The molecule has 9 aliphatic rings. The van der Waals surface area contributed by atoms with Crippen molar-refractivity contribution < 1.29 is 129 Å². The van der Waals surface area contributed by atoms with Gasteiger partial charge in [0.2, 0.25) is 6.29 Å². The van der Waals surface area contributed by atoms with Crippen LogP contribution >= 0.6 is 0 Å². The summed E-state index contributed by atoms with van der Waals surface area (Å²) < 4.78 is 53.0. The van der Waals surface area contributed by atoms with E-state index < -0.39 is 195 Å². The van der Waals surface area contributed by atoms with E-state index in [9.17, 15) is 81.4 Å². The second-order valence-corrected chi connectivity index (χ2v) is 27.2. The fourth-order valence-electron chi connectivity index (χ4n) is 16.6. The lowest BCUT2D eigenvalue weighted by atomic mass is 9.33. The first kappa shape index (κ1) is 65.3. The molecule has 4 saturated heterocycles. The minimum absolute atomic E-state index is 0.0587. The molecule has 30 unspecified atom stereocenters. The zero-order valence-corrected chi connectivity index (χ0v) is 48.3. The lowest BCUT2D eigenvalue weighted by molar-refractivity contribution is -0.377. The van der Waals surface area contributed by atoms with Crippen LogP contribution in [0.4, 0.5) is 0 Å². The predicted molar refractivity (Wildman–Crippen MR) is 280 cm³/mol. The van der Waals surface area contributed by atoms with E-state index >= 15 is 4.79 Å². The van der Waals surface area contributed by atoms with Crippen LogP contribution in [0.15, 0.2) is 11.6 Å². The third-order valence-corrected chi connectivity index (χ3v) is 22.0. The smallest absolute Gasteiger partial charge is 0.315 e. The van der Waals surface area contributed by atoms with Gasteiger partial charge in [-0.1, -0.05) is 46.3 Å². The standard InChI is InChI=1S/C57H92O26/c1-24(61)22-76-50(73)56(7)32-10-13-55(6)31(53(32,4)12-11-33(56)62)9-8-25-26-18-52(2,3)14-16-57(26,17-15-54(25,55)5)51(74)83-48-43(72)44(81-46-41(70)38(67)34(63)27(19-58)77-46)37(66)30(80-48)23-75-49-45(40(69)36(65)29(21-60)79-49)82-47-42(71)39(68)35(64)28(20-59)78-47/h8,24,26-49,58-72H,9-23H2,1-7H3. The summed E-state index contributed by atoms with van der Waals surface area (Å²) >= 11 is 0. The van der Waals surface area contributed by atoms with E-state index in [2.05, 4.69) is 40.7 Å². The number of hydrogen-bond acceptors (Lipinski definition) is 26. The molecular formula is C57H92O26. The van der Waals surface area contributed by atoms with Crippen molar-refractivity contribution in [3.8, 4) is 0 Å². The van der Waals surface area contributed by atoms with Gasteiger partial charge in [-0.2, -0.15) is 0 Å². The SMILES string of the molecule is CC(O)COC(=O)C1(C)C(O)CCC2(C)C1CCC1(C)C2CC=C2C3CC(C)(C)CCC3(C(=O)OC3OC(COC4OC(CO)C(O)C(O)C4OC4OC(CO)C(O)C(O)C4O)C(O)C(OC4OC(CO)C(O)C(O)C4O)C3O)CCC21C. The highest BCUT2D eigenvalue weighted by atomic mass is 16.8. The van der Waals surface area contributed by atoms with E-state index in [1.54, 1.807) is 6.92 Å². The molecule has 15 N–H and O–H groups in total. The van der Waals surface area contributed by atoms with E-state index in [1.807, 2.05) is 0 Å². The number of aliphatic hydroxyl groups is 15. The maximum atomic E-state index is 15.6. The van der Waals surface area contributed by atoms with Crippen molar-refractivity contribution in [3.63, 3.8) is 0 Å². The molecule has 30 atom stereocenters. The van der Waals surface area contributed by atoms with Crippen molar-refractivity contribution in [3.05, 3.63) is 11.6 Å². The lowest BCUT2D eigenvalue weighted by Crippen LogP contribution is -2.67. The number of rotatable bonds is 15. The van der Waals surface area contributed by atoms with Crippen LogP contribution in [0.3, 0.4) is 0 Å². The van der Waals surface area contributed by atoms with E-state index in [-0.39, 0.29) is 35.2 Å². The Morgan fingerprint density at radius 3 is 1.70 bits per heavy atom. The fraction of sp³-hybridized carbons (Fsp3) is 0.930. The van der Waals surface area contributed by atoms with Crippen molar-refractivity contribution in [2.45, 2.75) is 248 Å². The highest BCUT2D eigenvalue weighted by molar-refractivity contribution is 5.79. The summed E-state index contributed by atoms with van der Waals surface area (Å²) in [4.78, 5) is 29.6. The molecule has 4 heterocycles. The predicted octanol–water partition coefficient (Wildman–Crippen LogP) is -3.13. The van der Waals surface area contributed by atoms with Crippen LogP contribution in [-0.4, -0.2) is 257 Å². The van der Waals surface area contributed by atoms with Crippen LogP contribution in [0.2, 0.25) is 0 Å². The highest BCUT2D eigenvalue weighted by Crippen LogP contribution is 2.76. The van der Waals surface area contributed by atoms with Crippen LogP contribution in [0.25, 0.3) is 0 Å². The van der Waals surface area contributed by atoms with Crippen LogP contribution in [0.1, 0.15) is 113 Å². The van der Waals surface area contributed by atoms with Gasteiger partial charge in [0.15, 0.2) is 18.9 Å². The first-order valence-corrected chi connectivity index (χ1v) is 29.5. The molecule has 0 aromatic rings. The molecule has 0 bridgehead atoms. The molecule has 0 amide bonds. The van der Waals surface area contributed by atoms with E-state index in [0.717, 1.165) is 5.57 Å². The van der Waals surface area contributed by atoms with Gasteiger partial charge in [-0.15, -0.1) is 0 Å². The Balaban J connectivity index is 1.01. The summed E-state index contributed by atoms with van der Waals surface area (Å²) in [6, 6.07) is 0. The van der Waals surface area contributed by atoms with Crippen LogP contribution in [-0.2, 0) is 52.2 Å². The maximum Gasteiger partial charge on any atom is 0.315 e. The monoisotopic (exact) mass is 1190 g/mol. The molecule has 5 aliphatic carbocycles. The van der Waals surface area contributed by atoms with Crippen LogP contribution in [0.5, 0.6) is 0 Å². The zero-order valence-electron chi connectivity index (χ0n) is 48.3. The molecule has 26 nitrogen and oxygen atoms in total. The van der Waals surface area contributed by atoms with E-state index in [4.69, 9.17) is 42.6 Å². The average Bonchev–Trinajstić information content (AvgIpc) is 0.745. The van der Waals surface area contributed by atoms with Crippen LogP contribution < -0.4 is 0 Å². The Labute approximate surface area is 482 Å². The zero-order chi connectivity index (χ0) is 60.8. The van der Waals surface area contributed by atoms with Gasteiger partial charge in [-0.05, 0) is 117 Å². The van der Waals surface area contributed by atoms with E-state index in [0.29, 0.717) is 64.2 Å². The van der Waals surface area contributed by atoms with Crippen molar-refractivity contribution in [1.29, 1.82) is 0 Å². The van der Waals surface area contributed by atoms with Crippen LogP contribution in [0, 0.1) is 50.2 Å². The Bertz CT molecular complexity index is 2310. The molecule has 0 aromatic carbocycles. The summed E-state index contributed by atoms with van der Waals surface area (Å²) in [5.74, 6) is -1.81. The molecule has 0 radical (unpaired) electrons. The third-order valence-electron chi connectivity index (χ3n) is 22.0. The first-order valence-electron chi connectivity index (χ1n) is 29.5. The topological polar surface area (TPSA) is 421 Å². The average molecular weight is 1190 g/mol. The van der Waals surface area contributed by atoms with E-state index in [1.165, 1.54) is 6.92 Å². The maximum absolute atomic E-state index is 15.6. The molecule has 476 valence electrons. The number of ether oxygens (including phenoxy) is 9.